The SMILES string of the molecule is CC(O)Cc1cc2c(F)cccc2s1. The second kappa shape index (κ2) is 3.67. The lowest BCUT2D eigenvalue weighted by Crippen LogP contribution is -2.01. The van der Waals surface area contributed by atoms with Crippen LogP contribution in [0.25, 0.3) is 10.1 Å². The van der Waals surface area contributed by atoms with Gasteiger partial charge in [0, 0.05) is 21.4 Å². The third kappa shape index (κ3) is 1.79. The van der Waals surface area contributed by atoms with Gasteiger partial charge in [-0.2, -0.15) is 0 Å². The summed E-state index contributed by atoms with van der Waals surface area (Å²) in [5.74, 6) is -0.185. The minimum absolute atomic E-state index is 0.185. The molecule has 0 aliphatic rings. The highest BCUT2D eigenvalue weighted by Gasteiger charge is 2.07. The molecule has 1 unspecified atom stereocenters. The summed E-state index contributed by atoms with van der Waals surface area (Å²) in [4.78, 5) is 1.03. The summed E-state index contributed by atoms with van der Waals surface area (Å²) in [7, 11) is 0. The third-order valence-corrected chi connectivity index (χ3v) is 3.18. The first kappa shape index (κ1) is 9.62. The van der Waals surface area contributed by atoms with E-state index in [4.69, 9.17) is 0 Å². The molecule has 1 aromatic heterocycles. The van der Waals surface area contributed by atoms with Gasteiger partial charge in [-0.1, -0.05) is 6.07 Å². The monoisotopic (exact) mass is 210 g/mol. The highest BCUT2D eigenvalue weighted by molar-refractivity contribution is 7.19. The molecule has 0 bridgehead atoms. The molecular weight excluding hydrogens is 199 g/mol. The highest BCUT2D eigenvalue weighted by Crippen LogP contribution is 2.28. The van der Waals surface area contributed by atoms with Crippen LogP contribution in [-0.4, -0.2) is 11.2 Å². The first-order valence-corrected chi connectivity index (χ1v) is 5.33. The molecule has 0 aliphatic carbocycles. The van der Waals surface area contributed by atoms with Crippen LogP contribution in [0, 0.1) is 5.82 Å². The van der Waals surface area contributed by atoms with Crippen LogP contribution in [0.4, 0.5) is 4.39 Å². The third-order valence-electron chi connectivity index (χ3n) is 2.06. The lowest BCUT2D eigenvalue weighted by Gasteiger charge is -1.98. The standard InChI is InChI=1S/C11H11FOS/c1-7(13)5-8-6-9-10(12)3-2-4-11(9)14-8/h2-4,6-7,13H,5H2,1H3. The predicted octanol–water partition coefficient (Wildman–Crippen LogP) is 2.96. The van der Waals surface area contributed by atoms with Crippen molar-refractivity contribution in [1.82, 2.24) is 0 Å². The molecular formula is C11H11FOS. The van der Waals surface area contributed by atoms with E-state index in [1.165, 1.54) is 17.4 Å². The molecule has 2 aromatic rings. The van der Waals surface area contributed by atoms with Crippen molar-refractivity contribution in [2.24, 2.45) is 0 Å². The van der Waals surface area contributed by atoms with Crippen molar-refractivity contribution in [3.05, 3.63) is 35.0 Å². The Bertz CT molecular complexity index is 447. The second-order valence-corrected chi connectivity index (χ2v) is 4.59. The molecule has 2 rings (SSSR count). The summed E-state index contributed by atoms with van der Waals surface area (Å²) in [6.45, 7) is 1.74. The maximum absolute atomic E-state index is 13.3. The number of aliphatic hydroxyl groups is 1. The fourth-order valence-electron chi connectivity index (χ4n) is 1.47. The molecule has 1 heterocycles. The lowest BCUT2D eigenvalue weighted by atomic mass is 10.2. The molecule has 0 aliphatic heterocycles. The van der Waals surface area contributed by atoms with Crippen molar-refractivity contribution in [3.63, 3.8) is 0 Å². The van der Waals surface area contributed by atoms with Gasteiger partial charge < -0.3 is 5.11 Å². The van der Waals surface area contributed by atoms with Gasteiger partial charge >= 0.3 is 0 Å². The van der Waals surface area contributed by atoms with Crippen LogP contribution in [-0.2, 0) is 6.42 Å². The highest BCUT2D eigenvalue weighted by atomic mass is 32.1. The van der Waals surface area contributed by atoms with E-state index in [1.807, 2.05) is 12.1 Å². The van der Waals surface area contributed by atoms with Gasteiger partial charge in [0.05, 0.1) is 6.10 Å². The summed E-state index contributed by atoms with van der Waals surface area (Å²) in [5.41, 5.74) is 0. The summed E-state index contributed by atoms with van der Waals surface area (Å²) < 4.78 is 14.2. The molecule has 0 fully saturated rings. The van der Waals surface area contributed by atoms with Crippen LogP contribution in [0.2, 0.25) is 0 Å². The Labute approximate surface area is 85.8 Å². The Hall–Kier alpha value is -0.930. The van der Waals surface area contributed by atoms with Gasteiger partial charge in [-0.05, 0) is 25.1 Å². The molecule has 1 N–H and O–H groups in total. The van der Waals surface area contributed by atoms with Crippen molar-refractivity contribution in [2.75, 3.05) is 0 Å². The largest absolute Gasteiger partial charge is 0.393 e. The number of aliphatic hydroxyl groups excluding tert-OH is 1. The van der Waals surface area contributed by atoms with Gasteiger partial charge in [-0.25, -0.2) is 4.39 Å². The molecule has 1 aromatic carbocycles. The van der Waals surface area contributed by atoms with Gasteiger partial charge in [0.25, 0.3) is 0 Å². The van der Waals surface area contributed by atoms with Crippen LogP contribution in [0.15, 0.2) is 24.3 Å². The Morgan fingerprint density at radius 3 is 2.93 bits per heavy atom. The smallest absolute Gasteiger partial charge is 0.131 e. The van der Waals surface area contributed by atoms with Crippen LogP contribution in [0.3, 0.4) is 0 Å². The summed E-state index contributed by atoms with van der Waals surface area (Å²) in [6.07, 6.45) is 0.227. The number of halogens is 1. The lowest BCUT2D eigenvalue weighted by molar-refractivity contribution is 0.196. The average Bonchev–Trinajstić information content (AvgIpc) is 2.47. The molecule has 3 heteroatoms. The first-order valence-electron chi connectivity index (χ1n) is 4.52. The van der Waals surface area contributed by atoms with E-state index in [0.29, 0.717) is 11.8 Å². The molecule has 0 amide bonds. The van der Waals surface area contributed by atoms with E-state index in [-0.39, 0.29) is 11.9 Å². The zero-order valence-electron chi connectivity index (χ0n) is 7.83. The number of thiophene rings is 1. The average molecular weight is 210 g/mol. The van der Waals surface area contributed by atoms with Crippen LogP contribution in [0.1, 0.15) is 11.8 Å². The minimum atomic E-state index is -0.369. The van der Waals surface area contributed by atoms with Gasteiger partial charge in [0.2, 0.25) is 0 Å². The molecule has 1 nitrogen and oxygen atoms in total. The second-order valence-electron chi connectivity index (χ2n) is 3.42. The summed E-state index contributed by atoms with van der Waals surface area (Å²) in [5, 5.41) is 9.87. The fourth-order valence-corrected chi connectivity index (χ4v) is 2.67. The number of benzene rings is 1. The van der Waals surface area contributed by atoms with E-state index in [0.717, 1.165) is 9.58 Å². The zero-order chi connectivity index (χ0) is 10.1. The normalized spacial score (nSPS) is 13.4. The van der Waals surface area contributed by atoms with Crippen molar-refractivity contribution < 1.29 is 9.50 Å². The maximum atomic E-state index is 13.3. The number of hydrogen-bond acceptors (Lipinski definition) is 2. The van der Waals surface area contributed by atoms with Crippen molar-refractivity contribution in [1.29, 1.82) is 0 Å². The maximum Gasteiger partial charge on any atom is 0.131 e. The van der Waals surface area contributed by atoms with E-state index in [1.54, 1.807) is 13.0 Å². The molecule has 14 heavy (non-hydrogen) atoms. The molecule has 0 spiro atoms. The molecule has 74 valence electrons. The number of hydrogen-bond donors (Lipinski definition) is 1. The topological polar surface area (TPSA) is 20.2 Å². The molecule has 0 saturated carbocycles. The predicted molar refractivity (Wildman–Crippen MR) is 57.2 cm³/mol. The molecule has 0 saturated heterocycles. The van der Waals surface area contributed by atoms with Crippen LogP contribution >= 0.6 is 11.3 Å². The zero-order valence-corrected chi connectivity index (χ0v) is 8.64. The van der Waals surface area contributed by atoms with Gasteiger partial charge in [0.1, 0.15) is 5.82 Å². The molecule has 0 radical (unpaired) electrons. The van der Waals surface area contributed by atoms with Crippen LogP contribution in [0.5, 0.6) is 0 Å². The number of fused-ring (bicyclic) bond motifs is 1. The Morgan fingerprint density at radius 1 is 1.50 bits per heavy atom. The fraction of sp³-hybridized carbons (Fsp3) is 0.273. The van der Waals surface area contributed by atoms with E-state index in [2.05, 4.69) is 0 Å². The first-order chi connectivity index (χ1) is 6.66. The number of rotatable bonds is 2. The van der Waals surface area contributed by atoms with Crippen LogP contribution < -0.4 is 0 Å². The van der Waals surface area contributed by atoms with Gasteiger partial charge in [-0.15, -0.1) is 11.3 Å². The minimum Gasteiger partial charge on any atom is -0.393 e. The quantitative estimate of drug-likeness (QED) is 0.808. The Morgan fingerprint density at radius 2 is 2.29 bits per heavy atom. The van der Waals surface area contributed by atoms with Crippen molar-refractivity contribution in [2.45, 2.75) is 19.4 Å². The van der Waals surface area contributed by atoms with Crippen molar-refractivity contribution in [3.8, 4) is 0 Å². The summed E-state index contributed by atoms with van der Waals surface area (Å²) in [6, 6.07) is 6.89. The van der Waals surface area contributed by atoms with E-state index >= 15 is 0 Å². The van der Waals surface area contributed by atoms with E-state index in [9.17, 15) is 9.50 Å². The Balaban J connectivity index is 2.46. The van der Waals surface area contributed by atoms with E-state index < -0.39 is 0 Å². The van der Waals surface area contributed by atoms with Gasteiger partial charge in [0.15, 0.2) is 0 Å². The van der Waals surface area contributed by atoms with Crippen molar-refractivity contribution >= 4 is 21.4 Å². The summed E-state index contributed by atoms with van der Waals surface area (Å²) >= 11 is 1.54. The molecule has 1 atom stereocenters. The Kier molecular flexibility index (Phi) is 2.52. The van der Waals surface area contributed by atoms with Gasteiger partial charge in [-0.3, -0.25) is 0 Å².